The number of halogens is 1. The maximum atomic E-state index is 9.70. The predicted octanol–water partition coefficient (Wildman–Crippen LogP) is 11.3. The Labute approximate surface area is 210 Å². The lowest BCUT2D eigenvalue weighted by atomic mass is 9.99. The second-order valence-electron chi connectivity index (χ2n) is 11.0. The third-order valence-electron chi connectivity index (χ3n) is 6.89. The fourth-order valence-electron chi connectivity index (χ4n) is 4.70. The highest BCUT2D eigenvalue weighted by Crippen LogP contribution is 2.17. The van der Waals surface area contributed by atoms with Crippen molar-refractivity contribution in [1.29, 1.82) is 0 Å². The Morgan fingerprint density at radius 3 is 0.750 bits per heavy atom. The lowest BCUT2D eigenvalue weighted by Gasteiger charge is -2.16. The summed E-state index contributed by atoms with van der Waals surface area (Å²) in [4.78, 5) is 0. The first-order valence-corrected chi connectivity index (χ1v) is 14.8. The molecule has 0 aromatic carbocycles. The van der Waals surface area contributed by atoms with E-state index >= 15 is 0 Å². The molecule has 0 aliphatic rings. The molecule has 0 amide bonds. The summed E-state index contributed by atoms with van der Waals surface area (Å²) >= 11 is 0. The molecule has 32 heavy (non-hydrogen) atoms. The van der Waals surface area contributed by atoms with E-state index in [4.69, 9.17) is 0 Å². The summed E-state index contributed by atoms with van der Waals surface area (Å²) in [6.07, 6.45) is 36.9. The SMILES string of the molecule is CCCCCCCCCCCCCCCCCCCCCCCCCCCC(C)(C)O.Cl. The van der Waals surface area contributed by atoms with Crippen LogP contribution >= 0.6 is 12.4 Å². The highest BCUT2D eigenvalue weighted by atomic mass is 35.5. The largest absolute Gasteiger partial charge is 0.390 e. The monoisotopic (exact) mass is 474 g/mol. The molecular formula is C30H63ClO. The van der Waals surface area contributed by atoms with Crippen molar-refractivity contribution in [3.8, 4) is 0 Å². The van der Waals surface area contributed by atoms with Crippen LogP contribution in [0.1, 0.15) is 188 Å². The van der Waals surface area contributed by atoms with Crippen LogP contribution in [0.5, 0.6) is 0 Å². The Kier molecular flexibility index (Phi) is 29.6. The quantitative estimate of drug-likeness (QED) is 0.123. The van der Waals surface area contributed by atoms with Crippen molar-refractivity contribution in [2.75, 3.05) is 0 Å². The Balaban J connectivity index is 0. The summed E-state index contributed by atoms with van der Waals surface area (Å²) in [5, 5.41) is 9.70. The van der Waals surface area contributed by atoms with Crippen molar-refractivity contribution in [2.24, 2.45) is 0 Å². The van der Waals surface area contributed by atoms with Crippen molar-refractivity contribution >= 4 is 12.4 Å². The molecule has 0 bridgehead atoms. The van der Waals surface area contributed by atoms with Crippen LogP contribution in [0.4, 0.5) is 0 Å². The summed E-state index contributed by atoms with van der Waals surface area (Å²) in [5.74, 6) is 0. The molecule has 0 spiro atoms. The van der Waals surface area contributed by atoms with Crippen molar-refractivity contribution in [3.63, 3.8) is 0 Å². The predicted molar refractivity (Wildman–Crippen MR) is 149 cm³/mol. The van der Waals surface area contributed by atoms with Crippen LogP contribution in [0.3, 0.4) is 0 Å². The third-order valence-corrected chi connectivity index (χ3v) is 6.89. The lowest BCUT2D eigenvalue weighted by Crippen LogP contribution is -2.17. The number of rotatable bonds is 26. The van der Waals surface area contributed by atoms with Crippen molar-refractivity contribution in [3.05, 3.63) is 0 Å². The van der Waals surface area contributed by atoms with Gasteiger partial charge in [0.1, 0.15) is 0 Å². The van der Waals surface area contributed by atoms with E-state index < -0.39 is 5.60 Å². The van der Waals surface area contributed by atoms with Gasteiger partial charge in [-0.1, -0.05) is 167 Å². The Bertz CT molecular complexity index is 323. The summed E-state index contributed by atoms with van der Waals surface area (Å²) in [5.41, 5.74) is -0.466. The van der Waals surface area contributed by atoms with Crippen molar-refractivity contribution in [1.82, 2.24) is 0 Å². The molecule has 0 rings (SSSR count). The zero-order valence-corrected chi connectivity index (χ0v) is 23.6. The van der Waals surface area contributed by atoms with Crippen LogP contribution in [-0.2, 0) is 0 Å². The van der Waals surface area contributed by atoms with E-state index in [2.05, 4.69) is 6.92 Å². The third kappa shape index (κ3) is 32.4. The molecule has 2 heteroatoms. The molecule has 0 aliphatic heterocycles. The average molecular weight is 475 g/mol. The van der Waals surface area contributed by atoms with E-state index in [1.807, 2.05) is 13.8 Å². The minimum Gasteiger partial charge on any atom is -0.390 e. The van der Waals surface area contributed by atoms with E-state index in [-0.39, 0.29) is 12.4 Å². The second-order valence-corrected chi connectivity index (χ2v) is 11.0. The van der Waals surface area contributed by atoms with E-state index in [1.165, 1.54) is 161 Å². The molecule has 0 aliphatic carbocycles. The van der Waals surface area contributed by atoms with Gasteiger partial charge >= 0.3 is 0 Å². The van der Waals surface area contributed by atoms with Crippen LogP contribution in [0.15, 0.2) is 0 Å². The van der Waals surface area contributed by atoms with Gasteiger partial charge in [-0.15, -0.1) is 12.4 Å². The number of hydrogen-bond acceptors (Lipinski definition) is 1. The molecule has 0 heterocycles. The molecule has 0 fully saturated rings. The topological polar surface area (TPSA) is 20.2 Å². The number of aliphatic hydroxyl groups is 1. The highest BCUT2D eigenvalue weighted by Gasteiger charge is 2.10. The van der Waals surface area contributed by atoms with Gasteiger partial charge in [0.25, 0.3) is 0 Å². The number of hydrogen-bond donors (Lipinski definition) is 1. The van der Waals surface area contributed by atoms with Crippen LogP contribution in [0, 0.1) is 0 Å². The van der Waals surface area contributed by atoms with Gasteiger partial charge in [0.15, 0.2) is 0 Å². The molecule has 0 unspecified atom stereocenters. The number of unbranched alkanes of at least 4 members (excludes halogenated alkanes) is 24. The van der Waals surface area contributed by atoms with Gasteiger partial charge in [0.2, 0.25) is 0 Å². The Hall–Kier alpha value is 0.250. The minimum absolute atomic E-state index is 0. The van der Waals surface area contributed by atoms with Crippen LogP contribution in [-0.4, -0.2) is 10.7 Å². The lowest BCUT2D eigenvalue weighted by molar-refractivity contribution is 0.0680. The molecule has 0 atom stereocenters. The average Bonchev–Trinajstić information content (AvgIpc) is 2.73. The van der Waals surface area contributed by atoms with Gasteiger partial charge in [-0.05, 0) is 20.3 Å². The molecule has 196 valence electrons. The van der Waals surface area contributed by atoms with Gasteiger partial charge in [0.05, 0.1) is 5.60 Å². The normalized spacial score (nSPS) is 11.6. The standard InChI is InChI=1S/C30H62O.ClH/c1-4-5-6-7-8-9-10-11-12-13-14-15-16-17-18-19-20-21-22-23-24-25-26-27-28-29-30(2,3)31;/h31H,4-29H2,1-3H3;1H. The van der Waals surface area contributed by atoms with Gasteiger partial charge < -0.3 is 5.11 Å². The fourth-order valence-corrected chi connectivity index (χ4v) is 4.70. The van der Waals surface area contributed by atoms with Gasteiger partial charge in [0, 0.05) is 0 Å². The second kappa shape index (κ2) is 27.5. The first kappa shape index (κ1) is 34.4. The zero-order valence-electron chi connectivity index (χ0n) is 22.7. The van der Waals surface area contributed by atoms with Crippen molar-refractivity contribution < 1.29 is 5.11 Å². The van der Waals surface area contributed by atoms with E-state index in [9.17, 15) is 5.11 Å². The molecule has 0 radical (unpaired) electrons. The first-order valence-electron chi connectivity index (χ1n) is 14.8. The molecule has 1 N–H and O–H groups in total. The van der Waals surface area contributed by atoms with E-state index in [1.54, 1.807) is 0 Å². The van der Waals surface area contributed by atoms with Gasteiger partial charge in [-0.25, -0.2) is 0 Å². The molecular weight excluding hydrogens is 412 g/mol. The zero-order chi connectivity index (χ0) is 22.9. The Morgan fingerprint density at radius 2 is 0.562 bits per heavy atom. The summed E-state index contributed by atoms with van der Waals surface area (Å²) in [7, 11) is 0. The molecule has 0 aromatic rings. The maximum Gasteiger partial charge on any atom is 0.0591 e. The van der Waals surface area contributed by atoms with Crippen molar-refractivity contribution in [2.45, 2.75) is 193 Å². The summed E-state index contributed by atoms with van der Waals surface area (Å²) in [6.45, 7) is 6.15. The maximum absolute atomic E-state index is 9.70. The first-order chi connectivity index (χ1) is 15.1. The van der Waals surface area contributed by atoms with Crippen LogP contribution < -0.4 is 0 Å². The molecule has 1 nitrogen and oxygen atoms in total. The van der Waals surface area contributed by atoms with E-state index in [0.29, 0.717) is 0 Å². The van der Waals surface area contributed by atoms with Crippen LogP contribution in [0.25, 0.3) is 0 Å². The summed E-state index contributed by atoms with van der Waals surface area (Å²) < 4.78 is 0. The van der Waals surface area contributed by atoms with Crippen LogP contribution in [0.2, 0.25) is 0 Å². The fraction of sp³-hybridized carbons (Fsp3) is 1.00. The smallest absolute Gasteiger partial charge is 0.0591 e. The Morgan fingerprint density at radius 1 is 0.375 bits per heavy atom. The molecule has 0 saturated carbocycles. The summed E-state index contributed by atoms with van der Waals surface area (Å²) in [6, 6.07) is 0. The highest BCUT2D eigenvalue weighted by molar-refractivity contribution is 5.85. The van der Waals surface area contributed by atoms with Gasteiger partial charge in [-0.2, -0.15) is 0 Å². The molecule has 0 saturated heterocycles. The molecule has 0 aromatic heterocycles. The van der Waals surface area contributed by atoms with Gasteiger partial charge in [-0.3, -0.25) is 0 Å². The van der Waals surface area contributed by atoms with E-state index in [0.717, 1.165) is 6.42 Å². The minimum atomic E-state index is -0.466.